The standard InChI is InChI=1S/C5H8BrFO2/c1-4(2-6)9-5(8)3-7/h4H,2-3H2,1H3. The Morgan fingerprint density at radius 3 is 2.78 bits per heavy atom. The van der Waals surface area contributed by atoms with Gasteiger partial charge < -0.3 is 4.74 Å². The maximum absolute atomic E-state index is 11.4. The number of hydrogen-bond donors (Lipinski definition) is 0. The highest BCUT2D eigenvalue weighted by Gasteiger charge is 2.05. The summed E-state index contributed by atoms with van der Waals surface area (Å²) in [5, 5.41) is 0.540. The second-order valence-corrected chi connectivity index (χ2v) is 2.24. The minimum Gasteiger partial charge on any atom is -0.460 e. The third kappa shape index (κ3) is 4.39. The number of carbonyl (C=O) groups is 1. The quantitative estimate of drug-likeness (QED) is 0.505. The predicted octanol–water partition coefficient (Wildman–Crippen LogP) is 1.28. The fourth-order valence-electron chi connectivity index (χ4n) is 0.287. The zero-order chi connectivity index (χ0) is 7.28. The van der Waals surface area contributed by atoms with Crippen LogP contribution in [0.1, 0.15) is 6.92 Å². The van der Waals surface area contributed by atoms with E-state index in [1.165, 1.54) is 0 Å². The molecule has 0 saturated heterocycles. The first-order chi connectivity index (χ1) is 4.20. The first kappa shape index (κ1) is 8.88. The first-order valence-corrected chi connectivity index (χ1v) is 3.64. The van der Waals surface area contributed by atoms with Gasteiger partial charge in [-0.1, -0.05) is 15.9 Å². The monoisotopic (exact) mass is 198 g/mol. The van der Waals surface area contributed by atoms with Gasteiger partial charge in [0.2, 0.25) is 0 Å². The molecule has 0 aliphatic heterocycles. The van der Waals surface area contributed by atoms with E-state index in [1.807, 2.05) is 0 Å². The van der Waals surface area contributed by atoms with Gasteiger partial charge in [-0.2, -0.15) is 0 Å². The zero-order valence-corrected chi connectivity index (χ0v) is 6.65. The molecule has 1 atom stereocenters. The van der Waals surface area contributed by atoms with Crippen LogP contribution >= 0.6 is 15.9 Å². The molecule has 0 aliphatic rings. The van der Waals surface area contributed by atoms with E-state index in [-0.39, 0.29) is 6.10 Å². The molecule has 0 aromatic heterocycles. The van der Waals surface area contributed by atoms with Crippen LogP contribution in [-0.4, -0.2) is 24.1 Å². The summed E-state index contributed by atoms with van der Waals surface area (Å²) in [5.74, 6) is -0.804. The van der Waals surface area contributed by atoms with Crippen LogP contribution in [0.4, 0.5) is 4.39 Å². The average Bonchev–Trinajstić information content (AvgIpc) is 1.87. The van der Waals surface area contributed by atoms with Crippen molar-refractivity contribution in [3.8, 4) is 0 Å². The van der Waals surface area contributed by atoms with E-state index in [1.54, 1.807) is 6.92 Å². The fourth-order valence-corrected chi connectivity index (χ4v) is 0.420. The molecule has 4 heteroatoms. The molecule has 0 spiro atoms. The molecular weight excluding hydrogens is 191 g/mol. The van der Waals surface area contributed by atoms with Crippen LogP contribution in [0.5, 0.6) is 0 Å². The second kappa shape index (κ2) is 4.73. The smallest absolute Gasteiger partial charge is 0.337 e. The van der Waals surface area contributed by atoms with Crippen LogP contribution in [0.3, 0.4) is 0 Å². The van der Waals surface area contributed by atoms with Gasteiger partial charge in [-0.3, -0.25) is 0 Å². The van der Waals surface area contributed by atoms with Crippen molar-refractivity contribution in [2.24, 2.45) is 0 Å². The number of alkyl halides is 2. The minimum absolute atomic E-state index is 0.242. The lowest BCUT2D eigenvalue weighted by Gasteiger charge is -2.06. The lowest BCUT2D eigenvalue weighted by molar-refractivity contribution is -0.148. The maximum Gasteiger partial charge on any atom is 0.337 e. The molecule has 0 aromatic rings. The van der Waals surface area contributed by atoms with Gasteiger partial charge in [0.15, 0.2) is 6.67 Å². The molecule has 54 valence electrons. The highest BCUT2D eigenvalue weighted by atomic mass is 79.9. The van der Waals surface area contributed by atoms with Crippen molar-refractivity contribution in [1.29, 1.82) is 0 Å². The molecule has 1 unspecified atom stereocenters. The van der Waals surface area contributed by atoms with Crippen LogP contribution in [0, 0.1) is 0 Å². The van der Waals surface area contributed by atoms with Gasteiger partial charge in [0, 0.05) is 5.33 Å². The molecule has 9 heavy (non-hydrogen) atoms. The lowest BCUT2D eigenvalue weighted by atomic mass is 10.5. The van der Waals surface area contributed by atoms with Crippen molar-refractivity contribution in [1.82, 2.24) is 0 Å². The normalized spacial score (nSPS) is 12.8. The van der Waals surface area contributed by atoms with E-state index in [4.69, 9.17) is 0 Å². The van der Waals surface area contributed by atoms with Crippen molar-refractivity contribution in [3.05, 3.63) is 0 Å². The Hall–Kier alpha value is -0.120. The van der Waals surface area contributed by atoms with Crippen molar-refractivity contribution >= 4 is 21.9 Å². The Bertz CT molecular complexity index is 97.0. The summed E-state index contributed by atoms with van der Waals surface area (Å²) in [7, 11) is 0. The van der Waals surface area contributed by atoms with Gasteiger partial charge in [0.25, 0.3) is 0 Å². The molecule has 0 fully saturated rings. The third-order valence-electron chi connectivity index (χ3n) is 0.659. The van der Waals surface area contributed by atoms with Gasteiger partial charge in [0.05, 0.1) is 0 Å². The molecule has 0 rings (SSSR count). The summed E-state index contributed by atoms with van der Waals surface area (Å²) in [4.78, 5) is 10.2. The minimum atomic E-state index is -1.04. The fraction of sp³-hybridized carbons (Fsp3) is 0.800. The molecular formula is C5H8BrFO2. The SMILES string of the molecule is CC(CBr)OC(=O)CF. The summed E-state index contributed by atoms with van der Waals surface area (Å²) < 4.78 is 15.9. The highest BCUT2D eigenvalue weighted by molar-refractivity contribution is 9.09. The highest BCUT2D eigenvalue weighted by Crippen LogP contribution is 1.95. The van der Waals surface area contributed by atoms with E-state index < -0.39 is 12.6 Å². The molecule has 0 bridgehead atoms. The Morgan fingerprint density at radius 1 is 1.89 bits per heavy atom. The molecule has 0 aliphatic carbocycles. The Balaban J connectivity index is 3.34. The number of carbonyl (C=O) groups excluding carboxylic acids is 1. The first-order valence-electron chi connectivity index (χ1n) is 2.52. The maximum atomic E-state index is 11.4. The van der Waals surface area contributed by atoms with Crippen molar-refractivity contribution in [3.63, 3.8) is 0 Å². The largest absolute Gasteiger partial charge is 0.460 e. The Kier molecular flexibility index (Phi) is 4.67. The summed E-state index contributed by atoms with van der Waals surface area (Å²) in [6.07, 6.45) is -0.242. The van der Waals surface area contributed by atoms with Gasteiger partial charge in [0.1, 0.15) is 6.10 Å². The summed E-state index contributed by atoms with van der Waals surface area (Å²) >= 11 is 3.07. The number of ether oxygens (including phenoxy) is 1. The number of esters is 1. The Morgan fingerprint density at radius 2 is 2.44 bits per heavy atom. The summed E-state index contributed by atoms with van der Waals surface area (Å²) in [5.41, 5.74) is 0. The van der Waals surface area contributed by atoms with E-state index in [0.717, 1.165) is 0 Å². The summed E-state index contributed by atoms with van der Waals surface area (Å²) in [6, 6.07) is 0. The van der Waals surface area contributed by atoms with Crippen LogP contribution in [0.15, 0.2) is 0 Å². The van der Waals surface area contributed by atoms with Gasteiger partial charge in [-0.05, 0) is 6.92 Å². The third-order valence-corrected chi connectivity index (χ3v) is 1.57. The zero-order valence-electron chi connectivity index (χ0n) is 5.06. The Labute approximate surface area is 61.5 Å². The number of rotatable bonds is 3. The molecule has 0 saturated carbocycles. The van der Waals surface area contributed by atoms with Crippen LogP contribution in [0.25, 0.3) is 0 Å². The van der Waals surface area contributed by atoms with Gasteiger partial charge in [-0.25, -0.2) is 9.18 Å². The second-order valence-electron chi connectivity index (χ2n) is 1.59. The molecule has 0 aromatic carbocycles. The van der Waals surface area contributed by atoms with E-state index >= 15 is 0 Å². The van der Waals surface area contributed by atoms with Crippen molar-refractivity contribution in [2.75, 3.05) is 12.0 Å². The van der Waals surface area contributed by atoms with E-state index in [0.29, 0.717) is 5.33 Å². The topological polar surface area (TPSA) is 26.3 Å². The van der Waals surface area contributed by atoms with Crippen LogP contribution < -0.4 is 0 Å². The van der Waals surface area contributed by atoms with Crippen molar-refractivity contribution in [2.45, 2.75) is 13.0 Å². The summed E-state index contributed by atoms with van der Waals surface area (Å²) in [6.45, 7) is 0.639. The number of hydrogen-bond acceptors (Lipinski definition) is 2. The van der Waals surface area contributed by atoms with E-state index in [2.05, 4.69) is 20.7 Å². The molecule has 0 heterocycles. The predicted molar refractivity (Wildman–Crippen MR) is 35.3 cm³/mol. The average molecular weight is 199 g/mol. The van der Waals surface area contributed by atoms with Crippen molar-refractivity contribution < 1.29 is 13.9 Å². The molecule has 0 N–H and O–H groups in total. The molecule has 2 nitrogen and oxygen atoms in total. The van der Waals surface area contributed by atoms with Gasteiger partial charge >= 0.3 is 5.97 Å². The van der Waals surface area contributed by atoms with E-state index in [9.17, 15) is 9.18 Å². The van der Waals surface area contributed by atoms with Gasteiger partial charge in [-0.15, -0.1) is 0 Å². The molecule has 0 amide bonds. The number of halogens is 2. The molecule has 0 radical (unpaired) electrons. The lowest BCUT2D eigenvalue weighted by Crippen LogP contribution is -2.16. The van der Waals surface area contributed by atoms with Crippen LogP contribution in [0.2, 0.25) is 0 Å². The van der Waals surface area contributed by atoms with Crippen LogP contribution in [-0.2, 0) is 9.53 Å².